The van der Waals surface area contributed by atoms with Crippen LogP contribution in [0.5, 0.6) is 5.75 Å². The fourth-order valence-electron chi connectivity index (χ4n) is 2.20. The molecular weight excluding hydrogens is 266 g/mol. The molecule has 0 saturated carbocycles. The molecule has 0 radical (unpaired) electrons. The van der Waals surface area contributed by atoms with Crippen molar-refractivity contribution in [2.45, 2.75) is 20.3 Å². The van der Waals surface area contributed by atoms with E-state index in [-0.39, 0.29) is 5.97 Å². The predicted octanol–water partition coefficient (Wildman–Crippen LogP) is 2.91. The van der Waals surface area contributed by atoms with Crippen LogP contribution >= 0.6 is 0 Å². The summed E-state index contributed by atoms with van der Waals surface area (Å²) in [7, 11) is 0. The fourth-order valence-corrected chi connectivity index (χ4v) is 2.20. The highest BCUT2D eigenvalue weighted by Crippen LogP contribution is 2.23. The molecule has 21 heavy (non-hydrogen) atoms. The van der Waals surface area contributed by atoms with Crippen LogP contribution < -0.4 is 4.74 Å². The van der Waals surface area contributed by atoms with Crippen LogP contribution in [0.2, 0.25) is 0 Å². The summed E-state index contributed by atoms with van der Waals surface area (Å²) in [6.45, 7) is 3.41. The van der Waals surface area contributed by atoms with Gasteiger partial charge in [0.15, 0.2) is 0 Å². The van der Waals surface area contributed by atoms with Gasteiger partial charge in [0.2, 0.25) is 0 Å². The molecule has 5 nitrogen and oxygen atoms in total. The SMILES string of the molecule is CCc1cc(-n2nc3ccccc3n2)ccc1OC(C)=O. The zero-order valence-electron chi connectivity index (χ0n) is 11.9. The number of hydrogen-bond donors (Lipinski definition) is 0. The van der Waals surface area contributed by atoms with Gasteiger partial charge in [0.05, 0.1) is 5.69 Å². The number of carbonyl (C=O) groups excluding carboxylic acids is 1. The van der Waals surface area contributed by atoms with Gasteiger partial charge in [-0.15, -0.1) is 10.2 Å². The Morgan fingerprint density at radius 3 is 2.38 bits per heavy atom. The van der Waals surface area contributed by atoms with Gasteiger partial charge in [0.1, 0.15) is 16.8 Å². The Kier molecular flexibility index (Phi) is 3.39. The minimum absolute atomic E-state index is 0.319. The van der Waals surface area contributed by atoms with E-state index in [4.69, 9.17) is 4.74 Å². The Labute approximate surface area is 122 Å². The van der Waals surface area contributed by atoms with Crippen molar-refractivity contribution in [2.75, 3.05) is 0 Å². The molecule has 0 unspecified atom stereocenters. The van der Waals surface area contributed by atoms with E-state index in [2.05, 4.69) is 10.2 Å². The molecule has 3 rings (SSSR count). The number of nitrogens with zero attached hydrogens (tertiary/aromatic N) is 3. The average molecular weight is 281 g/mol. The maximum absolute atomic E-state index is 11.1. The molecular formula is C16H15N3O2. The van der Waals surface area contributed by atoms with Gasteiger partial charge in [0.25, 0.3) is 0 Å². The molecule has 0 aliphatic heterocycles. The normalized spacial score (nSPS) is 10.8. The number of ether oxygens (including phenoxy) is 1. The first-order chi connectivity index (χ1) is 10.2. The van der Waals surface area contributed by atoms with Crippen molar-refractivity contribution in [3.05, 3.63) is 48.0 Å². The van der Waals surface area contributed by atoms with Gasteiger partial charge in [-0.05, 0) is 42.3 Å². The first-order valence-electron chi connectivity index (χ1n) is 6.81. The molecule has 1 aromatic heterocycles. The van der Waals surface area contributed by atoms with Crippen molar-refractivity contribution in [1.82, 2.24) is 15.0 Å². The van der Waals surface area contributed by atoms with E-state index in [9.17, 15) is 4.79 Å². The van der Waals surface area contributed by atoms with E-state index in [1.807, 2.05) is 43.3 Å². The number of carbonyl (C=O) groups is 1. The molecule has 0 atom stereocenters. The van der Waals surface area contributed by atoms with Crippen LogP contribution in [0.15, 0.2) is 42.5 Å². The lowest BCUT2D eigenvalue weighted by molar-refractivity contribution is -0.131. The summed E-state index contributed by atoms with van der Waals surface area (Å²) in [5.74, 6) is 0.269. The van der Waals surface area contributed by atoms with Crippen molar-refractivity contribution in [2.24, 2.45) is 0 Å². The molecule has 1 heterocycles. The highest BCUT2D eigenvalue weighted by molar-refractivity contribution is 5.73. The maximum Gasteiger partial charge on any atom is 0.308 e. The fraction of sp³-hybridized carbons (Fsp3) is 0.188. The summed E-state index contributed by atoms with van der Waals surface area (Å²) >= 11 is 0. The van der Waals surface area contributed by atoms with Gasteiger partial charge >= 0.3 is 5.97 Å². The van der Waals surface area contributed by atoms with Crippen LogP contribution in [-0.4, -0.2) is 21.0 Å². The van der Waals surface area contributed by atoms with E-state index >= 15 is 0 Å². The van der Waals surface area contributed by atoms with Gasteiger partial charge in [0, 0.05) is 6.92 Å². The third kappa shape index (κ3) is 2.63. The Hall–Kier alpha value is -2.69. The van der Waals surface area contributed by atoms with Crippen molar-refractivity contribution in [3.8, 4) is 11.4 Å². The van der Waals surface area contributed by atoms with E-state index in [0.717, 1.165) is 28.7 Å². The topological polar surface area (TPSA) is 57.0 Å². The molecule has 0 bridgehead atoms. The lowest BCUT2D eigenvalue weighted by atomic mass is 10.1. The van der Waals surface area contributed by atoms with Gasteiger partial charge in [-0.25, -0.2) is 0 Å². The number of esters is 1. The second kappa shape index (κ2) is 5.36. The first-order valence-corrected chi connectivity index (χ1v) is 6.81. The average Bonchev–Trinajstić information content (AvgIpc) is 2.91. The number of fused-ring (bicyclic) bond motifs is 1. The van der Waals surface area contributed by atoms with Gasteiger partial charge < -0.3 is 4.74 Å². The highest BCUT2D eigenvalue weighted by atomic mass is 16.5. The second-order valence-electron chi connectivity index (χ2n) is 4.72. The molecule has 0 aliphatic carbocycles. The molecule has 0 spiro atoms. The van der Waals surface area contributed by atoms with Gasteiger partial charge in [-0.1, -0.05) is 19.1 Å². The van der Waals surface area contributed by atoms with Gasteiger partial charge in [-0.2, -0.15) is 4.80 Å². The monoisotopic (exact) mass is 281 g/mol. The lowest BCUT2D eigenvalue weighted by Gasteiger charge is -2.09. The van der Waals surface area contributed by atoms with Crippen LogP contribution in [0.3, 0.4) is 0 Å². The highest BCUT2D eigenvalue weighted by Gasteiger charge is 2.09. The summed E-state index contributed by atoms with van der Waals surface area (Å²) < 4.78 is 5.20. The second-order valence-corrected chi connectivity index (χ2v) is 4.72. The van der Waals surface area contributed by atoms with Crippen molar-refractivity contribution in [1.29, 1.82) is 0 Å². The summed E-state index contributed by atoms with van der Waals surface area (Å²) in [5, 5.41) is 8.89. The minimum atomic E-state index is -0.319. The van der Waals surface area contributed by atoms with Crippen LogP contribution in [0.4, 0.5) is 0 Å². The number of aryl methyl sites for hydroxylation is 1. The van der Waals surface area contributed by atoms with Crippen molar-refractivity contribution >= 4 is 17.0 Å². The Bertz CT molecular complexity index is 775. The molecule has 0 fully saturated rings. The number of hydrogen-bond acceptors (Lipinski definition) is 4. The number of rotatable bonds is 3. The molecule has 2 aromatic carbocycles. The quantitative estimate of drug-likeness (QED) is 0.547. The lowest BCUT2D eigenvalue weighted by Crippen LogP contribution is -2.05. The van der Waals surface area contributed by atoms with Gasteiger partial charge in [-0.3, -0.25) is 4.79 Å². The van der Waals surface area contributed by atoms with E-state index in [0.29, 0.717) is 5.75 Å². The number of aromatic nitrogens is 3. The Morgan fingerprint density at radius 2 is 1.81 bits per heavy atom. The largest absolute Gasteiger partial charge is 0.426 e. The zero-order valence-corrected chi connectivity index (χ0v) is 11.9. The van der Waals surface area contributed by atoms with Crippen LogP contribution in [-0.2, 0) is 11.2 Å². The van der Waals surface area contributed by atoms with Crippen LogP contribution in [0.1, 0.15) is 19.4 Å². The Morgan fingerprint density at radius 1 is 1.14 bits per heavy atom. The molecule has 0 aliphatic rings. The summed E-state index contributed by atoms with van der Waals surface area (Å²) in [6, 6.07) is 13.3. The van der Waals surface area contributed by atoms with Crippen molar-refractivity contribution < 1.29 is 9.53 Å². The molecule has 0 saturated heterocycles. The predicted molar refractivity (Wildman–Crippen MR) is 79.6 cm³/mol. The minimum Gasteiger partial charge on any atom is -0.426 e. The Balaban J connectivity index is 2.04. The van der Waals surface area contributed by atoms with E-state index < -0.39 is 0 Å². The van der Waals surface area contributed by atoms with Crippen molar-refractivity contribution in [3.63, 3.8) is 0 Å². The van der Waals surface area contributed by atoms with Crippen LogP contribution in [0.25, 0.3) is 16.7 Å². The molecule has 0 amide bonds. The maximum atomic E-state index is 11.1. The van der Waals surface area contributed by atoms with Crippen LogP contribution in [0, 0.1) is 0 Å². The first kappa shape index (κ1) is 13.3. The third-order valence-corrected chi connectivity index (χ3v) is 3.20. The van der Waals surface area contributed by atoms with E-state index in [1.165, 1.54) is 6.92 Å². The number of benzene rings is 2. The summed E-state index contributed by atoms with van der Waals surface area (Å²) in [6.07, 6.45) is 0.761. The third-order valence-electron chi connectivity index (χ3n) is 3.20. The molecule has 106 valence electrons. The molecule has 3 aromatic rings. The smallest absolute Gasteiger partial charge is 0.308 e. The summed E-state index contributed by atoms with van der Waals surface area (Å²) in [4.78, 5) is 12.7. The standard InChI is InChI=1S/C16H15N3O2/c1-3-12-10-13(8-9-16(12)21-11(2)20)19-17-14-6-4-5-7-15(14)18-19/h4-10H,3H2,1-2H3. The zero-order chi connectivity index (χ0) is 14.8. The molecule has 0 N–H and O–H groups in total. The van der Waals surface area contributed by atoms with E-state index in [1.54, 1.807) is 10.9 Å². The molecule has 5 heteroatoms. The summed E-state index contributed by atoms with van der Waals surface area (Å²) in [5.41, 5.74) is 3.49.